The zero-order chi connectivity index (χ0) is 40.7. The van der Waals surface area contributed by atoms with Gasteiger partial charge in [0.1, 0.15) is 0 Å². The molecule has 288 valence electrons. The Hall–Kier alpha value is -7.99. The van der Waals surface area contributed by atoms with E-state index in [4.69, 9.17) is 15.0 Å². The average molecular weight is 807 g/mol. The number of para-hydroxylation sites is 1. The van der Waals surface area contributed by atoms with Crippen LogP contribution in [0.1, 0.15) is 0 Å². The minimum absolute atomic E-state index is 0.647. The number of aromatic nitrogens is 4. The molecular formula is C57H34N4S. The van der Waals surface area contributed by atoms with Crippen molar-refractivity contribution in [3.63, 3.8) is 0 Å². The van der Waals surface area contributed by atoms with Gasteiger partial charge in [-0.3, -0.25) is 0 Å². The molecule has 62 heavy (non-hydrogen) atoms. The van der Waals surface area contributed by atoms with Crippen LogP contribution in [0.25, 0.3) is 125 Å². The van der Waals surface area contributed by atoms with Gasteiger partial charge in [0.05, 0.1) is 11.0 Å². The maximum Gasteiger partial charge on any atom is 0.164 e. The summed E-state index contributed by atoms with van der Waals surface area (Å²) in [6.45, 7) is 0. The van der Waals surface area contributed by atoms with Gasteiger partial charge in [0, 0.05) is 58.7 Å². The second kappa shape index (κ2) is 13.8. The first-order valence-electron chi connectivity index (χ1n) is 20.9. The predicted octanol–water partition coefficient (Wildman–Crippen LogP) is 15.5. The van der Waals surface area contributed by atoms with Crippen molar-refractivity contribution in [2.24, 2.45) is 0 Å². The van der Waals surface area contributed by atoms with Crippen LogP contribution in [-0.4, -0.2) is 19.5 Å². The SMILES string of the molecule is c1ccc(-c2nc(-c3ccccc3)nc(-c3cccc4c5ccccc5c5cc(-n6c7ccccc7c7cc(-c8ccc9sc%10ccccc%10c9c8)ccc76)ccc5c34)n2)cc1. The standard InChI is InChI=1S/C57H34N4S/c1-3-14-35(15-4-1)55-58-56(36-16-5-2-6-17-36)60-57(59-55)46-23-13-22-44-40-18-7-8-19-41(40)47-34-39(28-29-45(47)54(44)46)61-50-24-11-9-20-42(50)48-32-37(26-30-51(48)61)38-27-31-53-49(33-38)43-21-10-12-25-52(43)62-53/h1-34H. The Bertz CT molecular complexity index is 3870. The van der Waals surface area contributed by atoms with Crippen LogP contribution >= 0.6 is 11.3 Å². The van der Waals surface area contributed by atoms with E-state index in [0.29, 0.717) is 17.5 Å². The molecule has 13 aromatic rings. The van der Waals surface area contributed by atoms with Gasteiger partial charge in [-0.25, -0.2) is 15.0 Å². The van der Waals surface area contributed by atoms with Crippen molar-refractivity contribution in [2.45, 2.75) is 0 Å². The highest BCUT2D eigenvalue weighted by Gasteiger charge is 2.20. The molecule has 5 heteroatoms. The van der Waals surface area contributed by atoms with Crippen molar-refractivity contribution in [3.05, 3.63) is 206 Å². The van der Waals surface area contributed by atoms with Gasteiger partial charge < -0.3 is 4.57 Å². The molecule has 0 atom stereocenters. The number of benzene rings is 10. The zero-order valence-corrected chi connectivity index (χ0v) is 34.1. The van der Waals surface area contributed by atoms with Crippen LogP contribution < -0.4 is 0 Å². The fraction of sp³-hybridized carbons (Fsp3) is 0. The van der Waals surface area contributed by atoms with Crippen LogP contribution in [0.3, 0.4) is 0 Å². The average Bonchev–Trinajstić information content (AvgIpc) is 3.89. The Morgan fingerprint density at radius 3 is 1.61 bits per heavy atom. The largest absolute Gasteiger partial charge is 0.309 e. The highest BCUT2D eigenvalue weighted by atomic mass is 32.1. The molecule has 13 rings (SSSR count). The van der Waals surface area contributed by atoms with E-state index in [9.17, 15) is 0 Å². The summed E-state index contributed by atoms with van der Waals surface area (Å²) in [6, 6.07) is 74.0. The Labute approximate surface area is 360 Å². The first-order chi connectivity index (χ1) is 30.7. The monoisotopic (exact) mass is 806 g/mol. The van der Waals surface area contributed by atoms with Crippen LogP contribution in [0, 0.1) is 0 Å². The lowest BCUT2D eigenvalue weighted by molar-refractivity contribution is 1.08. The van der Waals surface area contributed by atoms with Crippen LogP contribution in [0.15, 0.2) is 206 Å². The van der Waals surface area contributed by atoms with E-state index in [1.165, 1.54) is 74.6 Å². The van der Waals surface area contributed by atoms with Gasteiger partial charge in [-0.1, -0.05) is 158 Å². The molecule has 0 aliphatic heterocycles. The molecule has 4 nitrogen and oxygen atoms in total. The number of hydrogen-bond acceptors (Lipinski definition) is 4. The third-order valence-corrected chi connectivity index (χ3v) is 13.6. The van der Waals surface area contributed by atoms with Gasteiger partial charge in [0.25, 0.3) is 0 Å². The summed E-state index contributed by atoms with van der Waals surface area (Å²) in [7, 11) is 0. The first-order valence-corrected chi connectivity index (χ1v) is 21.7. The lowest BCUT2D eigenvalue weighted by Crippen LogP contribution is -2.01. The fourth-order valence-corrected chi connectivity index (χ4v) is 10.7. The van der Waals surface area contributed by atoms with E-state index in [-0.39, 0.29) is 0 Å². The molecule has 0 radical (unpaired) electrons. The van der Waals surface area contributed by atoms with Crippen LogP contribution in [0.5, 0.6) is 0 Å². The van der Waals surface area contributed by atoms with Crippen LogP contribution in [0.4, 0.5) is 0 Å². The van der Waals surface area contributed by atoms with E-state index in [0.717, 1.165) is 33.2 Å². The molecule has 0 bridgehead atoms. The Balaban J connectivity index is 1.03. The Morgan fingerprint density at radius 1 is 0.306 bits per heavy atom. The van der Waals surface area contributed by atoms with E-state index in [1.807, 2.05) is 47.7 Å². The molecule has 0 amide bonds. The number of thiophene rings is 1. The molecule has 0 aliphatic rings. The van der Waals surface area contributed by atoms with E-state index in [2.05, 4.69) is 174 Å². The molecule has 0 unspecified atom stereocenters. The quantitative estimate of drug-likeness (QED) is 0.163. The topological polar surface area (TPSA) is 43.6 Å². The van der Waals surface area contributed by atoms with Crippen molar-refractivity contribution < 1.29 is 0 Å². The molecular weight excluding hydrogens is 773 g/mol. The first kappa shape index (κ1) is 34.8. The highest BCUT2D eigenvalue weighted by molar-refractivity contribution is 7.25. The van der Waals surface area contributed by atoms with E-state index >= 15 is 0 Å². The van der Waals surface area contributed by atoms with Crippen LogP contribution in [-0.2, 0) is 0 Å². The van der Waals surface area contributed by atoms with Gasteiger partial charge in [-0.15, -0.1) is 11.3 Å². The van der Waals surface area contributed by atoms with Gasteiger partial charge in [0.15, 0.2) is 17.5 Å². The lowest BCUT2D eigenvalue weighted by atomic mass is 9.91. The molecule has 0 N–H and O–H groups in total. The number of rotatable bonds is 5. The maximum absolute atomic E-state index is 5.19. The summed E-state index contributed by atoms with van der Waals surface area (Å²) in [6.07, 6.45) is 0. The van der Waals surface area contributed by atoms with E-state index < -0.39 is 0 Å². The summed E-state index contributed by atoms with van der Waals surface area (Å²) >= 11 is 1.86. The molecule has 0 fully saturated rings. The van der Waals surface area contributed by atoms with E-state index in [1.54, 1.807) is 0 Å². The molecule has 0 spiro atoms. The summed E-state index contributed by atoms with van der Waals surface area (Å²) in [5.74, 6) is 1.94. The molecule has 0 aliphatic carbocycles. The normalized spacial score (nSPS) is 11.9. The predicted molar refractivity (Wildman–Crippen MR) is 261 cm³/mol. The number of fused-ring (bicyclic) bond motifs is 12. The smallest absolute Gasteiger partial charge is 0.164 e. The minimum atomic E-state index is 0.647. The molecule has 10 aromatic carbocycles. The van der Waals surface area contributed by atoms with Crippen LogP contribution in [0.2, 0.25) is 0 Å². The second-order valence-electron chi connectivity index (χ2n) is 15.9. The van der Waals surface area contributed by atoms with Crippen molar-refractivity contribution >= 4 is 85.6 Å². The third kappa shape index (κ3) is 5.42. The second-order valence-corrected chi connectivity index (χ2v) is 17.0. The Kier molecular flexibility index (Phi) is 7.74. The zero-order valence-electron chi connectivity index (χ0n) is 33.3. The van der Waals surface area contributed by atoms with Crippen molar-refractivity contribution in [1.29, 1.82) is 0 Å². The highest BCUT2D eigenvalue weighted by Crippen LogP contribution is 2.43. The molecule has 0 saturated heterocycles. The Morgan fingerprint density at radius 2 is 0.855 bits per heavy atom. The van der Waals surface area contributed by atoms with Crippen molar-refractivity contribution in [2.75, 3.05) is 0 Å². The number of nitrogens with zero attached hydrogens (tertiary/aromatic N) is 4. The summed E-state index contributed by atoms with van der Waals surface area (Å²) in [4.78, 5) is 15.4. The molecule has 0 saturated carbocycles. The van der Waals surface area contributed by atoms with Gasteiger partial charge >= 0.3 is 0 Å². The molecule has 3 aromatic heterocycles. The lowest BCUT2D eigenvalue weighted by Gasteiger charge is -2.16. The molecule has 3 heterocycles. The van der Waals surface area contributed by atoms with Crippen molar-refractivity contribution in [3.8, 4) is 51.0 Å². The summed E-state index contributed by atoms with van der Waals surface area (Å²) in [5, 5.41) is 12.1. The van der Waals surface area contributed by atoms with Gasteiger partial charge in [0.2, 0.25) is 0 Å². The minimum Gasteiger partial charge on any atom is -0.309 e. The third-order valence-electron chi connectivity index (χ3n) is 12.4. The van der Waals surface area contributed by atoms with Crippen molar-refractivity contribution in [1.82, 2.24) is 19.5 Å². The maximum atomic E-state index is 5.19. The number of hydrogen-bond donors (Lipinski definition) is 0. The summed E-state index contributed by atoms with van der Waals surface area (Å²) < 4.78 is 5.07. The van der Waals surface area contributed by atoms with Gasteiger partial charge in [-0.05, 0) is 86.6 Å². The summed E-state index contributed by atoms with van der Waals surface area (Å²) in [5.41, 5.74) is 8.77. The van der Waals surface area contributed by atoms with Gasteiger partial charge in [-0.2, -0.15) is 0 Å². The fourth-order valence-electron chi connectivity index (χ4n) is 9.58.